The number of carbonyl (C=O) groups is 2. The summed E-state index contributed by atoms with van der Waals surface area (Å²) in [7, 11) is 1.28. The molecule has 13 heteroatoms. The third-order valence-corrected chi connectivity index (χ3v) is 6.86. The lowest BCUT2D eigenvalue weighted by atomic mass is 9.98. The van der Waals surface area contributed by atoms with Crippen molar-refractivity contribution in [3.8, 4) is 5.13 Å². The van der Waals surface area contributed by atoms with E-state index in [1.54, 1.807) is 29.1 Å². The molecule has 0 spiro atoms. The van der Waals surface area contributed by atoms with Gasteiger partial charge in [0.2, 0.25) is 5.91 Å². The number of nitrogens with one attached hydrogen (secondary N) is 1. The fraction of sp³-hybridized carbons (Fsp3) is 0.250. The van der Waals surface area contributed by atoms with Crippen LogP contribution in [0.3, 0.4) is 0 Å². The molecule has 0 aliphatic carbocycles. The Kier molecular flexibility index (Phi) is 6.41. The average molecular weight is 523 g/mol. The number of pyridine rings is 3. The first kappa shape index (κ1) is 24.5. The Bertz CT molecular complexity index is 1540. The van der Waals surface area contributed by atoms with Crippen molar-refractivity contribution in [1.82, 2.24) is 19.5 Å². The summed E-state index contributed by atoms with van der Waals surface area (Å²) in [5.74, 6) is -0.134. The van der Waals surface area contributed by atoms with Gasteiger partial charge in [0, 0.05) is 37.1 Å². The molecule has 0 saturated carbocycles. The summed E-state index contributed by atoms with van der Waals surface area (Å²) in [6.45, 7) is 2.56. The second kappa shape index (κ2) is 9.69. The topological polar surface area (TPSA) is 160 Å². The van der Waals surface area contributed by atoms with Gasteiger partial charge in [0.1, 0.15) is 11.6 Å². The predicted octanol–water partition coefficient (Wildman–Crippen LogP) is 1.39. The zero-order valence-corrected chi connectivity index (χ0v) is 20.6. The van der Waals surface area contributed by atoms with Gasteiger partial charge in [-0.1, -0.05) is 0 Å². The number of methoxy groups -OCH3 is 1. The molecule has 1 saturated heterocycles. The average Bonchev–Trinajstić information content (AvgIpc) is 3.37. The molecular formula is C24H22N6O6S. The molecule has 5 rings (SSSR count). The Morgan fingerprint density at radius 1 is 1.24 bits per heavy atom. The molecule has 37 heavy (non-hydrogen) atoms. The lowest BCUT2D eigenvalue weighted by molar-refractivity contribution is -0.120. The fourth-order valence-corrected chi connectivity index (χ4v) is 4.71. The summed E-state index contributed by atoms with van der Waals surface area (Å²) in [5.41, 5.74) is 0.544. The Morgan fingerprint density at radius 3 is 2.65 bits per heavy atom. The normalized spacial score (nSPS) is 13.6. The van der Waals surface area contributed by atoms with Crippen LogP contribution in [-0.4, -0.2) is 61.8 Å². The highest BCUT2D eigenvalue weighted by Gasteiger charge is 2.34. The van der Waals surface area contributed by atoms with Crippen molar-refractivity contribution in [2.45, 2.75) is 13.2 Å². The van der Waals surface area contributed by atoms with Gasteiger partial charge in [0.25, 0.3) is 0 Å². The molecule has 0 radical (unpaired) electrons. The minimum absolute atomic E-state index is 0.172. The SMILES string of the molecule is COC(=O)c1ccc(NC(=O)C2CN(c3cc(C)c4c(=O)c(C(O)O)cn(-c5nccs5)c4n3)C2)nc1. The highest BCUT2D eigenvalue weighted by Crippen LogP contribution is 2.29. The lowest BCUT2D eigenvalue weighted by Crippen LogP contribution is -2.52. The third kappa shape index (κ3) is 4.55. The number of carbonyl (C=O) groups excluding carboxylic acids is 2. The number of thiazole rings is 1. The van der Waals surface area contributed by atoms with E-state index < -0.39 is 17.7 Å². The Morgan fingerprint density at radius 2 is 2.03 bits per heavy atom. The van der Waals surface area contributed by atoms with E-state index in [0.717, 1.165) is 0 Å². The Balaban J connectivity index is 1.38. The number of aliphatic hydroxyl groups excluding tert-OH is 1. The number of aliphatic hydroxyl groups is 2. The van der Waals surface area contributed by atoms with Crippen LogP contribution in [0.4, 0.5) is 11.6 Å². The summed E-state index contributed by atoms with van der Waals surface area (Å²) in [6.07, 6.45) is 2.34. The standard InChI is InChI=1S/C24H22N6O6S/c1-12-7-17(28-20-18(12)19(31)15(22(33)34)11-30(20)24-25-5-6-37-24)29-9-14(10-29)21(32)27-16-4-3-13(8-26-16)23(35)36-2/h3-8,11,14,22,33-34H,9-10H2,1-2H3,(H,26,27,32). The number of rotatable bonds is 6. The van der Waals surface area contributed by atoms with E-state index in [0.29, 0.717) is 41.1 Å². The van der Waals surface area contributed by atoms with Gasteiger partial charge in [-0.3, -0.25) is 14.2 Å². The number of amides is 1. The number of anilines is 2. The third-order valence-electron chi connectivity index (χ3n) is 6.09. The first-order valence-corrected chi connectivity index (χ1v) is 12.1. The molecule has 190 valence electrons. The van der Waals surface area contributed by atoms with E-state index in [-0.39, 0.29) is 28.3 Å². The van der Waals surface area contributed by atoms with Crippen LogP contribution in [0.5, 0.6) is 0 Å². The van der Waals surface area contributed by atoms with Crippen LogP contribution in [0.15, 0.2) is 47.0 Å². The van der Waals surface area contributed by atoms with Crippen LogP contribution >= 0.6 is 11.3 Å². The maximum atomic E-state index is 13.0. The second-order valence-corrected chi connectivity index (χ2v) is 9.36. The van der Waals surface area contributed by atoms with Crippen molar-refractivity contribution in [2.24, 2.45) is 5.92 Å². The number of hydrogen-bond acceptors (Lipinski definition) is 11. The molecule has 1 fully saturated rings. The van der Waals surface area contributed by atoms with Crippen LogP contribution in [0.1, 0.15) is 27.8 Å². The minimum Gasteiger partial charge on any atom is -0.465 e. The highest BCUT2D eigenvalue weighted by atomic mass is 32.1. The molecular weight excluding hydrogens is 500 g/mol. The summed E-state index contributed by atoms with van der Waals surface area (Å²) in [6, 6.07) is 4.79. The zero-order valence-electron chi connectivity index (χ0n) is 19.8. The van der Waals surface area contributed by atoms with Crippen LogP contribution in [-0.2, 0) is 9.53 Å². The number of fused-ring (bicyclic) bond motifs is 1. The molecule has 1 aliphatic heterocycles. The molecule has 5 heterocycles. The van der Waals surface area contributed by atoms with Crippen molar-refractivity contribution >= 4 is 45.9 Å². The number of nitrogens with zero attached hydrogens (tertiary/aromatic N) is 5. The van der Waals surface area contributed by atoms with Crippen molar-refractivity contribution < 1.29 is 24.5 Å². The van der Waals surface area contributed by atoms with Gasteiger partial charge in [0.05, 0.1) is 29.5 Å². The van der Waals surface area contributed by atoms with Gasteiger partial charge in [-0.2, -0.15) is 0 Å². The molecule has 1 aliphatic rings. The zero-order chi connectivity index (χ0) is 26.3. The van der Waals surface area contributed by atoms with Crippen molar-refractivity contribution in [2.75, 3.05) is 30.4 Å². The van der Waals surface area contributed by atoms with Crippen LogP contribution in [0.2, 0.25) is 0 Å². The summed E-state index contributed by atoms with van der Waals surface area (Å²) in [5, 5.41) is 24.8. The van der Waals surface area contributed by atoms with Gasteiger partial charge in [-0.25, -0.2) is 19.7 Å². The van der Waals surface area contributed by atoms with E-state index in [4.69, 9.17) is 4.98 Å². The molecule has 12 nitrogen and oxygen atoms in total. The molecule has 4 aromatic rings. The summed E-state index contributed by atoms with van der Waals surface area (Å²) >= 11 is 1.31. The second-order valence-electron chi connectivity index (χ2n) is 8.48. The number of ether oxygens (including phenoxy) is 1. The first-order valence-electron chi connectivity index (χ1n) is 11.2. The maximum absolute atomic E-state index is 13.0. The smallest absolute Gasteiger partial charge is 0.339 e. The van der Waals surface area contributed by atoms with Crippen LogP contribution in [0.25, 0.3) is 16.2 Å². The highest BCUT2D eigenvalue weighted by molar-refractivity contribution is 7.12. The fourth-order valence-electron chi connectivity index (χ4n) is 4.09. The van der Waals surface area contributed by atoms with Gasteiger partial charge < -0.3 is 25.2 Å². The molecule has 0 bridgehead atoms. The van der Waals surface area contributed by atoms with E-state index in [9.17, 15) is 24.6 Å². The molecule has 0 unspecified atom stereocenters. The minimum atomic E-state index is -1.94. The number of aromatic nitrogens is 4. The molecule has 1 amide bonds. The number of esters is 1. The van der Waals surface area contributed by atoms with Crippen LogP contribution < -0.4 is 15.6 Å². The molecule has 0 atom stereocenters. The molecule has 0 aromatic carbocycles. The largest absolute Gasteiger partial charge is 0.465 e. The summed E-state index contributed by atoms with van der Waals surface area (Å²) < 4.78 is 6.21. The lowest BCUT2D eigenvalue weighted by Gasteiger charge is -2.39. The van der Waals surface area contributed by atoms with E-state index >= 15 is 0 Å². The van der Waals surface area contributed by atoms with Crippen molar-refractivity contribution in [1.29, 1.82) is 0 Å². The molecule has 3 N–H and O–H groups in total. The molecule has 4 aromatic heterocycles. The van der Waals surface area contributed by atoms with E-state index in [2.05, 4.69) is 20.0 Å². The first-order chi connectivity index (χ1) is 17.8. The number of hydrogen-bond donors (Lipinski definition) is 3. The Hall–Kier alpha value is -4.20. The number of aryl methyl sites for hydroxylation is 1. The van der Waals surface area contributed by atoms with Crippen molar-refractivity contribution in [3.05, 3.63) is 69.1 Å². The van der Waals surface area contributed by atoms with E-state index in [1.807, 2.05) is 4.90 Å². The van der Waals surface area contributed by atoms with Gasteiger partial charge in [-0.05, 0) is 30.7 Å². The van der Waals surface area contributed by atoms with Gasteiger partial charge in [0.15, 0.2) is 22.5 Å². The van der Waals surface area contributed by atoms with Gasteiger partial charge in [-0.15, -0.1) is 11.3 Å². The Labute approximate surface area is 213 Å². The van der Waals surface area contributed by atoms with E-state index in [1.165, 1.54) is 43.0 Å². The monoisotopic (exact) mass is 522 g/mol. The van der Waals surface area contributed by atoms with Crippen molar-refractivity contribution in [3.63, 3.8) is 0 Å². The van der Waals surface area contributed by atoms with Gasteiger partial charge >= 0.3 is 5.97 Å². The maximum Gasteiger partial charge on any atom is 0.339 e. The van der Waals surface area contributed by atoms with Crippen LogP contribution in [0, 0.1) is 12.8 Å². The quantitative estimate of drug-likeness (QED) is 0.249. The predicted molar refractivity (Wildman–Crippen MR) is 135 cm³/mol. The summed E-state index contributed by atoms with van der Waals surface area (Å²) in [4.78, 5) is 52.2.